The van der Waals surface area contributed by atoms with Gasteiger partial charge in [0, 0.05) is 36.3 Å². The van der Waals surface area contributed by atoms with Gasteiger partial charge in [0.25, 0.3) is 0 Å². The van der Waals surface area contributed by atoms with Crippen molar-refractivity contribution in [1.29, 1.82) is 0 Å². The molecular weight excluding hydrogens is 204 g/mol. The van der Waals surface area contributed by atoms with Crippen molar-refractivity contribution in [1.82, 2.24) is 4.90 Å². The number of hydrogen-bond donors (Lipinski definition) is 1. The first-order valence-electron chi connectivity index (χ1n) is 5.42. The average molecular weight is 222 g/mol. The Morgan fingerprint density at radius 2 is 2.13 bits per heavy atom. The van der Waals surface area contributed by atoms with Crippen LogP contribution in [0.2, 0.25) is 0 Å². The molecule has 1 atom stereocenters. The van der Waals surface area contributed by atoms with Gasteiger partial charge in [0.15, 0.2) is 0 Å². The van der Waals surface area contributed by atoms with Crippen LogP contribution in [0.25, 0.3) is 0 Å². The molecule has 0 aliphatic carbocycles. The highest BCUT2D eigenvalue weighted by molar-refractivity contribution is 7.99. The molecular formula is C12H18N2S. The Hall–Kier alpha value is -0.670. The standard InChI is InChI=1S/C12H18N2S/c1-10-9-15-7-6-14(10)8-11-2-4-12(13)5-3-11/h2-5,10H,6-9,13H2,1H3. The molecule has 0 bridgehead atoms. The smallest absolute Gasteiger partial charge is 0.0314 e. The molecule has 15 heavy (non-hydrogen) atoms. The molecule has 2 nitrogen and oxygen atoms in total. The third kappa shape index (κ3) is 2.89. The van der Waals surface area contributed by atoms with E-state index < -0.39 is 0 Å². The highest BCUT2D eigenvalue weighted by Gasteiger charge is 2.18. The van der Waals surface area contributed by atoms with Crippen molar-refractivity contribution in [3.05, 3.63) is 29.8 Å². The molecule has 0 amide bonds. The zero-order chi connectivity index (χ0) is 10.7. The van der Waals surface area contributed by atoms with Gasteiger partial charge in [-0.1, -0.05) is 12.1 Å². The highest BCUT2D eigenvalue weighted by atomic mass is 32.2. The van der Waals surface area contributed by atoms with E-state index in [0.717, 1.165) is 12.2 Å². The third-order valence-electron chi connectivity index (χ3n) is 2.87. The molecule has 1 saturated heterocycles. The fraction of sp³-hybridized carbons (Fsp3) is 0.500. The molecule has 0 aromatic heterocycles. The summed E-state index contributed by atoms with van der Waals surface area (Å²) in [5, 5.41) is 0. The summed E-state index contributed by atoms with van der Waals surface area (Å²) in [4.78, 5) is 2.54. The molecule has 1 unspecified atom stereocenters. The van der Waals surface area contributed by atoms with E-state index in [1.165, 1.54) is 23.6 Å². The van der Waals surface area contributed by atoms with Gasteiger partial charge in [-0.15, -0.1) is 0 Å². The molecule has 1 aromatic rings. The van der Waals surface area contributed by atoms with E-state index in [9.17, 15) is 0 Å². The van der Waals surface area contributed by atoms with E-state index in [4.69, 9.17) is 5.73 Å². The van der Waals surface area contributed by atoms with Crippen molar-refractivity contribution in [2.45, 2.75) is 19.5 Å². The van der Waals surface area contributed by atoms with Gasteiger partial charge in [-0.3, -0.25) is 4.90 Å². The van der Waals surface area contributed by atoms with E-state index >= 15 is 0 Å². The normalized spacial score (nSPS) is 22.9. The minimum atomic E-state index is 0.696. The van der Waals surface area contributed by atoms with E-state index in [0.29, 0.717) is 6.04 Å². The van der Waals surface area contributed by atoms with Crippen molar-refractivity contribution < 1.29 is 0 Å². The Kier molecular flexibility index (Phi) is 3.54. The lowest BCUT2D eigenvalue weighted by Crippen LogP contribution is -2.39. The van der Waals surface area contributed by atoms with Crippen LogP contribution >= 0.6 is 11.8 Å². The number of anilines is 1. The molecule has 0 spiro atoms. The van der Waals surface area contributed by atoms with Crippen molar-refractivity contribution in [3.63, 3.8) is 0 Å². The molecule has 1 heterocycles. The predicted octanol–water partition coefficient (Wildman–Crippen LogP) is 2.21. The zero-order valence-electron chi connectivity index (χ0n) is 9.15. The van der Waals surface area contributed by atoms with Crippen LogP contribution in [-0.4, -0.2) is 29.0 Å². The summed E-state index contributed by atoms with van der Waals surface area (Å²) in [6.07, 6.45) is 0. The van der Waals surface area contributed by atoms with Gasteiger partial charge in [0.2, 0.25) is 0 Å². The first kappa shape index (κ1) is 10.8. The van der Waals surface area contributed by atoms with Gasteiger partial charge in [0.1, 0.15) is 0 Å². The number of hydrogen-bond acceptors (Lipinski definition) is 3. The molecule has 1 fully saturated rings. The monoisotopic (exact) mass is 222 g/mol. The van der Waals surface area contributed by atoms with Crippen LogP contribution in [0.15, 0.2) is 24.3 Å². The first-order chi connectivity index (χ1) is 7.25. The summed E-state index contributed by atoms with van der Waals surface area (Å²) in [5.74, 6) is 2.52. The molecule has 1 aromatic carbocycles. The van der Waals surface area contributed by atoms with Crippen LogP contribution in [0.5, 0.6) is 0 Å². The fourth-order valence-electron chi connectivity index (χ4n) is 1.85. The minimum absolute atomic E-state index is 0.696. The van der Waals surface area contributed by atoms with Crippen LogP contribution in [0.3, 0.4) is 0 Å². The van der Waals surface area contributed by atoms with Gasteiger partial charge < -0.3 is 5.73 Å². The van der Waals surface area contributed by atoms with Crippen molar-refractivity contribution in [2.75, 3.05) is 23.8 Å². The molecule has 1 aliphatic heterocycles. The number of benzene rings is 1. The summed E-state index contributed by atoms with van der Waals surface area (Å²) in [6, 6.07) is 8.92. The van der Waals surface area contributed by atoms with Crippen LogP contribution in [0, 0.1) is 0 Å². The molecule has 3 heteroatoms. The maximum Gasteiger partial charge on any atom is 0.0314 e. The Morgan fingerprint density at radius 1 is 1.40 bits per heavy atom. The topological polar surface area (TPSA) is 29.3 Å². The first-order valence-corrected chi connectivity index (χ1v) is 6.57. The second-order valence-corrected chi connectivity index (χ2v) is 5.29. The third-order valence-corrected chi connectivity index (χ3v) is 4.06. The zero-order valence-corrected chi connectivity index (χ0v) is 9.96. The lowest BCUT2D eigenvalue weighted by atomic mass is 10.1. The number of thioether (sulfide) groups is 1. The summed E-state index contributed by atoms with van der Waals surface area (Å²) < 4.78 is 0. The van der Waals surface area contributed by atoms with Gasteiger partial charge in [-0.2, -0.15) is 11.8 Å². The molecule has 2 rings (SSSR count). The van der Waals surface area contributed by atoms with E-state index in [1.807, 2.05) is 12.1 Å². The van der Waals surface area contributed by atoms with E-state index in [1.54, 1.807) is 0 Å². The number of nitrogens with two attached hydrogens (primary N) is 1. The number of nitrogen functional groups attached to an aromatic ring is 1. The summed E-state index contributed by atoms with van der Waals surface area (Å²) in [7, 11) is 0. The molecule has 2 N–H and O–H groups in total. The predicted molar refractivity (Wildman–Crippen MR) is 68.1 cm³/mol. The number of nitrogens with zero attached hydrogens (tertiary/aromatic N) is 1. The highest BCUT2D eigenvalue weighted by Crippen LogP contribution is 2.18. The van der Waals surface area contributed by atoms with Crippen LogP contribution in [0.4, 0.5) is 5.69 Å². The van der Waals surface area contributed by atoms with E-state index in [-0.39, 0.29) is 0 Å². The average Bonchev–Trinajstić information content (AvgIpc) is 2.25. The second-order valence-electron chi connectivity index (χ2n) is 4.14. The van der Waals surface area contributed by atoms with Gasteiger partial charge in [-0.05, 0) is 24.6 Å². The quantitative estimate of drug-likeness (QED) is 0.778. The van der Waals surface area contributed by atoms with Crippen LogP contribution in [-0.2, 0) is 6.54 Å². The van der Waals surface area contributed by atoms with Gasteiger partial charge in [0.05, 0.1) is 0 Å². The summed E-state index contributed by atoms with van der Waals surface area (Å²) >= 11 is 2.06. The Bertz CT molecular complexity index is 310. The summed E-state index contributed by atoms with van der Waals surface area (Å²) in [6.45, 7) is 4.57. The fourth-order valence-corrected chi connectivity index (χ4v) is 2.94. The lowest BCUT2D eigenvalue weighted by Gasteiger charge is -2.32. The van der Waals surface area contributed by atoms with Crippen molar-refractivity contribution >= 4 is 17.4 Å². The van der Waals surface area contributed by atoms with E-state index in [2.05, 4.69) is 35.7 Å². The molecule has 1 aliphatic rings. The van der Waals surface area contributed by atoms with Gasteiger partial charge >= 0.3 is 0 Å². The largest absolute Gasteiger partial charge is 0.399 e. The van der Waals surface area contributed by atoms with Crippen molar-refractivity contribution in [2.24, 2.45) is 0 Å². The van der Waals surface area contributed by atoms with Crippen LogP contribution < -0.4 is 5.73 Å². The second kappa shape index (κ2) is 4.90. The minimum Gasteiger partial charge on any atom is -0.399 e. The molecule has 82 valence electrons. The molecule has 0 radical (unpaired) electrons. The Labute approximate surface area is 95.8 Å². The summed E-state index contributed by atoms with van der Waals surface area (Å²) in [5.41, 5.74) is 7.88. The van der Waals surface area contributed by atoms with Crippen molar-refractivity contribution in [3.8, 4) is 0 Å². The number of rotatable bonds is 2. The maximum atomic E-state index is 5.67. The molecule has 0 saturated carbocycles. The Balaban J connectivity index is 1.98. The maximum absolute atomic E-state index is 5.67. The van der Waals surface area contributed by atoms with Crippen LogP contribution in [0.1, 0.15) is 12.5 Å². The lowest BCUT2D eigenvalue weighted by molar-refractivity contribution is 0.224. The Morgan fingerprint density at radius 3 is 2.80 bits per heavy atom. The SMILES string of the molecule is CC1CSCCN1Cc1ccc(N)cc1. The van der Waals surface area contributed by atoms with Gasteiger partial charge in [-0.25, -0.2) is 0 Å².